The van der Waals surface area contributed by atoms with Gasteiger partial charge >= 0.3 is 15.8 Å². The highest BCUT2D eigenvalue weighted by Gasteiger charge is 2.50. The highest BCUT2D eigenvalue weighted by Crippen LogP contribution is 2.54. The summed E-state index contributed by atoms with van der Waals surface area (Å²) in [5.41, 5.74) is 4.06. The Balaban J connectivity index is 0.895. The van der Waals surface area contributed by atoms with E-state index in [0.717, 1.165) is 62.5 Å². The number of aliphatic hydroxyl groups is 1. The van der Waals surface area contributed by atoms with Gasteiger partial charge in [-0.2, -0.15) is 8.42 Å². The van der Waals surface area contributed by atoms with E-state index in [1.54, 1.807) is 31.3 Å². The number of benzene rings is 2. The number of H-pyrrole nitrogens is 1. The number of hydrogen-bond donors (Lipinski definition) is 4. The molecule has 5 heterocycles. The van der Waals surface area contributed by atoms with Gasteiger partial charge in [0.2, 0.25) is 0 Å². The van der Waals surface area contributed by atoms with E-state index in [4.69, 9.17) is 4.74 Å². The molecule has 2 aliphatic carbocycles. The number of anilines is 2. The van der Waals surface area contributed by atoms with E-state index in [2.05, 4.69) is 72.9 Å². The van der Waals surface area contributed by atoms with Gasteiger partial charge in [0.1, 0.15) is 22.8 Å². The largest absolute Gasteiger partial charge is 0.455 e. The zero-order valence-electron chi connectivity index (χ0n) is 36.8. The summed E-state index contributed by atoms with van der Waals surface area (Å²) < 4.78 is 35.8. The highest BCUT2D eigenvalue weighted by molar-refractivity contribution is 7.90. The zero-order chi connectivity index (χ0) is 44.8. The van der Waals surface area contributed by atoms with Crippen LogP contribution < -0.4 is 19.7 Å². The molecule has 64 heavy (non-hydrogen) atoms. The lowest BCUT2D eigenvalue weighted by Gasteiger charge is -2.56. The SMILES string of the molecule is CC(C)c1ccccc1[C@H]1CCCN1C1CC2(CCN(c3ccc(C(=O)NS(=O)(=O)c4ccc(NCC5CCC(C)(O)CC5)c([N+](=O)[O-])n4)c(Oc4cnc5[nH]ccc5c4)c3)CC2)C1. The van der Waals surface area contributed by atoms with Crippen LogP contribution in [-0.2, 0) is 10.0 Å². The molecule has 0 bridgehead atoms. The number of nitrogens with zero attached hydrogens (tertiary/aromatic N) is 5. The summed E-state index contributed by atoms with van der Waals surface area (Å²) in [4.78, 5) is 41.7. The van der Waals surface area contributed by atoms with Gasteiger partial charge in [-0.15, -0.1) is 0 Å². The number of fused-ring (bicyclic) bond motifs is 1. The number of carbonyl (C=O) groups is 1. The minimum absolute atomic E-state index is 0.0461. The van der Waals surface area contributed by atoms with Gasteiger partial charge in [-0.3, -0.25) is 9.69 Å². The molecule has 2 aromatic carbocycles. The number of nitro groups is 1. The van der Waals surface area contributed by atoms with Gasteiger partial charge in [0.25, 0.3) is 10.9 Å². The Hall–Kier alpha value is -5.58. The van der Waals surface area contributed by atoms with E-state index in [9.17, 15) is 28.4 Å². The molecule has 0 unspecified atom stereocenters. The Kier molecular flexibility index (Phi) is 11.9. The molecule has 2 aliphatic heterocycles. The molecule has 4 aliphatic rings. The molecule has 3 aromatic heterocycles. The summed E-state index contributed by atoms with van der Waals surface area (Å²) in [6.45, 7) is 9.59. The van der Waals surface area contributed by atoms with Crippen LogP contribution in [0, 0.1) is 21.4 Å². The average Bonchev–Trinajstić information content (AvgIpc) is 3.95. The minimum Gasteiger partial charge on any atom is -0.455 e. The fraction of sp³-hybridized carbons (Fsp3) is 0.479. The molecule has 338 valence electrons. The first kappa shape index (κ1) is 43.7. The van der Waals surface area contributed by atoms with Crippen molar-refractivity contribution in [1.29, 1.82) is 0 Å². The summed E-state index contributed by atoms with van der Waals surface area (Å²) in [6, 6.07) is 21.2. The predicted molar refractivity (Wildman–Crippen MR) is 245 cm³/mol. The van der Waals surface area contributed by atoms with Crippen LogP contribution in [0.1, 0.15) is 118 Å². The predicted octanol–water partition coefficient (Wildman–Crippen LogP) is 8.84. The molecule has 1 amide bonds. The smallest absolute Gasteiger partial charge is 0.388 e. The van der Waals surface area contributed by atoms with Crippen LogP contribution >= 0.6 is 0 Å². The highest BCUT2D eigenvalue weighted by atomic mass is 32.2. The Morgan fingerprint density at radius 2 is 1.78 bits per heavy atom. The lowest BCUT2D eigenvalue weighted by molar-refractivity contribution is -0.389. The molecule has 1 atom stereocenters. The summed E-state index contributed by atoms with van der Waals surface area (Å²) >= 11 is 0. The topological polar surface area (TPSA) is 196 Å². The number of nitrogens with one attached hydrogen (secondary N) is 3. The van der Waals surface area contributed by atoms with E-state index in [1.165, 1.54) is 49.1 Å². The maximum Gasteiger partial charge on any atom is 0.388 e. The van der Waals surface area contributed by atoms with Crippen molar-refractivity contribution in [3.05, 3.63) is 106 Å². The average molecular weight is 891 g/mol. The number of ether oxygens (including phenoxy) is 1. The number of piperidine rings is 1. The van der Waals surface area contributed by atoms with Crippen molar-refractivity contribution in [3.8, 4) is 11.5 Å². The third-order valence-electron chi connectivity index (χ3n) is 14.4. The second-order valence-corrected chi connectivity index (χ2v) is 20.8. The van der Waals surface area contributed by atoms with Crippen LogP contribution in [0.15, 0.2) is 84.1 Å². The van der Waals surface area contributed by atoms with Gasteiger partial charge in [-0.05, 0) is 146 Å². The van der Waals surface area contributed by atoms with Crippen LogP contribution in [0.2, 0.25) is 0 Å². The molecule has 4 N–H and O–H groups in total. The number of rotatable bonds is 13. The molecule has 2 saturated heterocycles. The van der Waals surface area contributed by atoms with E-state index in [-0.39, 0.29) is 22.9 Å². The lowest BCUT2D eigenvalue weighted by Crippen LogP contribution is -2.54. The van der Waals surface area contributed by atoms with Crippen LogP contribution in [-0.4, -0.2) is 82.0 Å². The number of aromatic nitrogens is 3. The Morgan fingerprint density at radius 1 is 1.02 bits per heavy atom. The van der Waals surface area contributed by atoms with E-state index >= 15 is 0 Å². The summed E-state index contributed by atoms with van der Waals surface area (Å²) in [5.74, 6) is -0.491. The van der Waals surface area contributed by atoms with Gasteiger partial charge < -0.3 is 35.2 Å². The first-order valence-electron chi connectivity index (χ1n) is 22.7. The molecule has 15 nitrogen and oxygen atoms in total. The van der Waals surface area contributed by atoms with E-state index < -0.39 is 37.3 Å². The van der Waals surface area contributed by atoms with Gasteiger partial charge in [0, 0.05) is 61.1 Å². The number of carbonyl (C=O) groups excluding carboxylic acids is 1. The molecule has 16 heteroatoms. The third kappa shape index (κ3) is 9.04. The van der Waals surface area contributed by atoms with Crippen LogP contribution in [0.4, 0.5) is 17.2 Å². The monoisotopic (exact) mass is 890 g/mol. The van der Waals surface area contributed by atoms with Gasteiger partial charge in [-0.1, -0.05) is 38.1 Å². The molecule has 9 rings (SSSR count). The molecular formula is C48H58N8O7S. The number of aromatic amines is 1. The first-order chi connectivity index (χ1) is 30.7. The van der Waals surface area contributed by atoms with Crippen molar-refractivity contribution in [1.82, 2.24) is 24.6 Å². The fourth-order valence-corrected chi connectivity index (χ4v) is 11.6. The van der Waals surface area contributed by atoms with Crippen molar-refractivity contribution in [2.75, 3.05) is 36.4 Å². The number of hydrogen-bond acceptors (Lipinski definition) is 12. The molecule has 0 radical (unpaired) electrons. The van der Waals surface area contributed by atoms with E-state index in [1.807, 2.05) is 12.1 Å². The number of likely N-dealkylation sites (tertiary alicyclic amines) is 1. The number of sulfonamides is 1. The molecule has 2 saturated carbocycles. The van der Waals surface area contributed by atoms with Crippen molar-refractivity contribution in [2.45, 2.75) is 114 Å². The fourth-order valence-electron chi connectivity index (χ4n) is 10.6. The van der Waals surface area contributed by atoms with Crippen molar-refractivity contribution in [2.24, 2.45) is 11.3 Å². The van der Waals surface area contributed by atoms with Crippen molar-refractivity contribution in [3.63, 3.8) is 0 Å². The zero-order valence-corrected chi connectivity index (χ0v) is 37.6. The third-order valence-corrected chi connectivity index (χ3v) is 15.6. The van der Waals surface area contributed by atoms with Gasteiger partial charge in [0.05, 0.1) is 17.4 Å². The number of amides is 1. The Labute approximate surface area is 374 Å². The summed E-state index contributed by atoms with van der Waals surface area (Å²) in [5, 5.41) is 25.6. The molecule has 1 spiro atoms. The van der Waals surface area contributed by atoms with Crippen LogP contribution in [0.5, 0.6) is 11.5 Å². The lowest BCUT2D eigenvalue weighted by atomic mass is 9.59. The Morgan fingerprint density at radius 3 is 2.53 bits per heavy atom. The standard InChI is InChI=1S/C48H58N8O7S/c1-31(2)37-7-4-5-8-38(37)41-9-6-22-55(41)35-27-48(28-35)19-23-54(24-20-48)34-10-11-39(42(26-34)63-36-25-33-16-21-49-44(33)51-30-36)46(57)53-64(61,62)43-13-12-40(45(52-43)56(59)60)50-29-32-14-17-47(3,58)18-15-32/h4-5,7-8,10-13,16,21,25-26,30-32,35,41,50,58H,6,9,14-15,17-20,22-24,27-29H2,1-3H3,(H,49,51)(H,53,57)/t32?,41-,47?/m1/s1. The molecular weight excluding hydrogens is 833 g/mol. The normalized spacial score (nSPS) is 22.7. The first-order valence-corrected chi connectivity index (χ1v) is 24.2. The molecule has 5 aromatic rings. The summed E-state index contributed by atoms with van der Waals surface area (Å²) in [6.07, 6.45) is 13.0. The second kappa shape index (κ2) is 17.4. The maximum atomic E-state index is 13.9. The molecule has 4 fully saturated rings. The number of pyridine rings is 2. The van der Waals surface area contributed by atoms with E-state index in [0.29, 0.717) is 54.2 Å². The van der Waals surface area contributed by atoms with Crippen LogP contribution in [0.3, 0.4) is 0 Å². The minimum atomic E-state index is -4.67. The van der Waals surface area contributed by atoms with Crippen molar-refractivity contribution >= 4 is 44.2 Å². The van der Waals surface area contributed by atoms with Crippen LogP contribution in [0.25, 0.3) is 11.0 Å². The quantitative estimate of drug-likeness (QED) is 0.0649. The second-order valence-electron chi connectivity index (χ2n) is 19.1. The van der Waals surface area contributed by atoms with Gasteiger partial charge in [-0.25, -0.2) is 9.71 Å². The Bertz CT molecular complexity index is 2640. The van der Waals surface area contributed by atoms with Crippen molar-refractivity contribution < 1.29 is 28.0 Å². The van der Waals surface area contributed by atoms with Gasteiger partial charge in [0.15, 0.2) is 0 Å². The summed E-state index contributed by atoms with van der Waals surface area (Å²) in [7, 11) is -4.67. The maximum absolute atomic E-state index is 13.9.